The topological polar surface area (TPSA) is 13.1 Å². The van der Waals surface area contributed by atoms with E-state index in [0.29, 0.717) is 0 Å². The summed E-state index contributed by atoms with van der Waals surface area (Å²) >= 11 is 1.74. The van der Waals surface area contributed by atoms with Crippen molar-refractivity contribution in [1.29, 1.82) is 0 Å². The van der Waals surface area contributed by atoms with Crippen LogP contribution >= 0.6 is 11.3 Å². The van der Waals surface area contributed by atoms with E-state index in [1.807, 2.05) is 24.5 Å². The lowest BCUT2D eigenvalue weighted by Gasteiger charge is -1.91. The maximum absolute atomic E-state index is 5.48. The highest BCUT2D eigenvalue weighted by Crippen LogP contribution is 2.32. The van der Waals surface area contributed by atoms with Crippen LogP contribution in [0.25, 0.3) is 21.4 Å². The minimum atomic E-state index is 0.955. The van der Waals surface area contributed by atoms with Gasteiger partial charge in [0.15, 0.2) is 0 Å². The summed E-state index contributed by atoms with van der Waals surface area (Å²) in [6.07, 6.45) is 1.83. The van der Waals surface area contributed by atoms with Crippen LogP contribution < -0.4 is 0 Å². The Bertz CT molecular complexity index is 548. The highest BCUT2D eigenvalue weighted by molar-refractivity contribution is 7.13. The number of hydrogen-bond donors (Lipinski definition) is 0. The lowest BCUT2D eigenvalue weighted by molar-refractivity contribution is 0.617. The highest BCUT2D eigenvalue weighted by atomic mass is 32.1. The Kier molecular flexibility index (Phi) is 1.67. The van der Waals surface area contributed by atoms with E-state index in [1.54, 1.807) is 11.3 Å². The van der Waals surface area contributed by atoms with Gasteiger partial charge in [-0.15, -0.1) is 11.3 Å². The summed E-state index contributed by atoms with van der Waals surface area (Å²) in [6.45, 7) is 0. The first-order chi connectivity index (χ1) is 6.95. The number of para-hydroxylation sites is 1. The average Bonchev–Trinajstić information content (AvgIpc) is 2.85. The molecule has 1 aromatic carbocycles. The molecule has 68 valence electrons. The van der Waals surface area contributed by atoms with E-state index >= 15 is 0 Å². The molecule has 0 fully saturated rings. The third-order valence-corrected chi connectivity index (χ3v) is 3.17. The number of benzene rings is 1. The summed E-state index contributed by atoms with van der Waals surface area (Å²) in [7, 11) is 0. The number of hydrogen-bond acceptors (Lipinski definition) is 2. The van der Waals surface area contributed by atoms with Crippen LogP contribution in [0.2, 0.25) is 0 Å². The average molecular weight is 200 g/mol. The zero-order valence-electron chi connectivity index (χ0n) is 7.44. The van der Waals surface area contributed by atoms with Crippen LogP contribution in [0.4, 0.5) is 0 Å². The normalized spacial score (nSPS) is 10.9. The summed E-state index contributed by atoms with van der Waals surface area (Å²) in [5.74, 6) is 0. The Morgan fingerprint density at radius 3 is 2.79 bits per heavy atom. The van der Waals surface area contributed by atoms with Crippen molar-refractivity contribution in [2.24, 2.45) is 0 Å². The van der Waals surface area contributed by atoms with Gasteiger partial charge in [0.25, 0.3) is 0 Å². The van der Waals surface area contributed by atoms with Crippen molar-refractivity contribution < 1.29 is 4.42 Å². The molecular weight excluding hydrogens is 192 g/mol. The van der Waals surface area contributed by atoms with Gasteiger partial charge in [0.2, 0.25) is 0 Å². The Morgan fingerprint density at radius 1 is 1.00 bits per heavy atom. The lowest BCUT2D eigenvalue weighted by atomic mass is 10.1. The minimum absolute atomic E-state index is 0.955. The molecular formula is C12H8OS. The van der Waals surface area contributed by atoms with Crippen molar-refractivity contribution in [3.8, 4) is 10.4 Å². The second-order valence-electron chi connectivity index (χ2n) is 3.12. The van der Waals surface area contributed by atoms with E-state index in [2.05, 4.69) is 23.6 Å². The molecule has 0 amide bonds. The molecule has 0 N–H and O–H groups in total. The number of furan rings is 1. The van der Waals surface area contributed by atoms with Crippen LogP contribution in [0.1, 0.15) is 0 Å². The van der Waals surface area contributed by atoms with Crippen LogP contribution in [-0.4, -0.2) is 0 Å². The number of rotatable bonds is 1. The van der Waals surface area contributed by atoms with Crippen molar-refractivity contribution in [2.45, 2.75) is 0 Å². The van der Waals surface area contributed by atoms with Gasteiger partial charge in [-0.25, -0.2) is 0 Å². The molecule has 1 nitrogen and oxygen atoms in total. The zero-order valence-corrected chi connectivity index (χ0v) is 8.25. The van der Waals surface area contributed by atoms with Gasteiger partial charge >= 0.3 is 0 Å². The van der Waals surface area contributed by atoms with Gasteiger partial charge in [-0.05, 0) is 17.5 Å². The van der Waals surface area contributed by atoms with Crippen molar-refractivity contribution in [3.05, 3.63) is 48.0 Å². The first-order valence-corrected chi connectivity index (χ1v) is 5.33. The molecule has 0 bridgehead atoms. The number of thiophene rings is 1. The van der Waals surface area contributed by atoms with Gasteiger partial charge < -0.3 is 4.42 Å². The molecule has 2 aromatic heterocycles. The van der Waals surface area contributed by atoms with Gasteiger partial charge in [-0.3, -0.25) is 0 Å². The minimum Gasteiger partial charge on any atom is -0.464 e. The summed E-state index contributed by atoms with van der Waals surface area (Å²) in [5, 5.41) is 3.27. The molecule has 3 rings (SSSR count). The van der Waals surface area contributed by atoms with Gasteiger partial charge in [0, 0.05) is 15.8 Å². The first-order valence-electron chi connectivity index (χ1n) is 4.45. The maximum Gasteiger partial charge on any atom is 0.134 e. The predicted molar refractivity (Wildman–Crippen MR) is 59.5 cm³/mol. The quantitative estimate of drug-likeness (QED) is 0.574. The van der Waals surface area contributed by atoms with Crippen LogP contribution in [0.15, 0.2) is 52.5 Å². The van der Waals surface area contributed by atoms with E-state index in [-0.39, 0.29) is 0 Å². The van der Waals surface area contributed by atoms with Crippen LogP contribution in [-0.2, 0) is 0 Å². The molecule has 14 heavy (non-hydrogen) atoms. The van der Waals surface area contributed by atoms with E-state index in [0.717, 1.165) is 5.58 Å². The maximum atomic E-state index is 5.48. The fraction of sp³-hybridized carbons (Fsp3) is 0. The Balaban J connectivity index is 2.33. The van der Waals surface area contributed by atoms with Crippen molar-refractivity contribution in [3.63, 3.8) is 0 Å². The molecule has 2 heterocycles. The van der Waals surface area contributed by atoms with Crippen LogP contribution in [0.5, 0.6) is 0 Å². The molecule has 0 saturated heterocycles. The molecule has 0 atom stereocenters. The SMILES string of the molecule is c1csc(-c2coc3ccccc23)c1. The summed E-state index contributed by atoms with van der Waals surface area (Å²) in [4.78, 5) is 1.26. The molecule has 0 spiro atoms. The van der Waals surface area contributed by atoms with Crippen molar-refractivity contribution in [2.75, 3.05) is 0 Å². The van der Waals surface area contributed by atoms with Crippen molar-refractivity contribution in [1.82, 2.24) is 0 Å². The monoisotopic (exact) mass is 200 g/mol. The van der Waals surface area contributed by atoms with E-state index in [1.165, 1.54) is 15.8 Å². The molecule has 0 aliphatic rings. The van der Waals surface area contributed by atoms with Gasteiger partial charge in [0.1, 0.15) is 11.8 Å². The van der Waals surface area contributed by atoms with E-state index in [9.17, 15) is 0 Å². The third kappa shape index (κ3) is 1.08. The molecule has 0 unspecified atom stereocenters. The van der Waals surface area contributed by atoms with E-state index < -0.39 is 0 Å². The van der Waals surface area contributed by atoms with Gasteiger partial charge in [-0.1, -0.05) is 24.3 Å². The molecule has 0 saturated carbocycles. The largest absolute Gasteiger partial charge is 0.464 e. The smallest absolute Gasteiger partial charge is 0.134 e. The fourth-order valence-electron chi connectivity index (χ4n) is 1.60. The second kappa shape index (κ2) is 3.00. The predicted octanol–water partition coefficient (Wildman–Crippen LogP) is 4.16. The third-order valence-electron chi connectivity index (χ3n) is 2.27. The molecule has 0 radical (unpaired) electrons. The fourth-order valence-corrected chi connectivity index (χ4v) is 2.35. The Morgan fingerprint density at radius 2 is 1.93 bits per heavy atom. The lowest BCUT2D eigenvalue weighted by Crippen LogP contribution is -1.67. The van der Waals surface area contributed by atoms with Crippen molar-refractivity contribution >= 4 is 22.3 Å². The second-order valence-corrected chi connectivity index (χ2v) is 4.07. The van der Waals surface area contributed by atoms with Gasteiger partial charge in [0.05, 0.1) is 0 Å². The zero-order chi connectivity index (χ0) is 9.38. The summed E-state index contributed by atoms with van der Waals surface area (Å²) < 4.78 is 5.48. The Hall–Kier alpha value is -1.54. The molecule has 0 aliphatic carbocycles. The molecule has 2 heteroatoms. The highest BCUT2D eigenvalue weighted by Gasteiger charge is 2.07. The van der Waals surface area contributed by atoms with Crippen LogP contribution in [0, 0.1) is 0 Å². The molecule has 3 aromatic rings. The summed E-state index contributed by atoms with van der Waals surface area (Å²) in [6, 6.07) is 12.3. The Labute approximate surface area is 85.6 Å². The van der Waals surface area contributed by atoms with Gasteiger partial charge in [-0.2, -0.15) is 0 Å². The number of fused-ring (bicyclic) bond motifs is 1. The first kappa shape index (κ1) is 7.83. The molecule has 0 aliphatic heterocycles. The standard InChI is InChI=1S/C12H8OS/c1-2-5-11-9(4-1)10(8-13-11)12-6-3-7-14-12/h1-8H. The van der Waals surface area contributed by atoms with Crippen LogP contribution in [0.3, 0.4) is 0 Å². The summed E-state index contributed by atoms with van der Waals surface area (Å²) in [5.41, 5.74) is 2.14. The van der Waals surface area contributed by atoms with E-state index in [4.69, 9.17) is 4.42 Å².